The molecule has 1 aromatic heterocycles. The molecular formula is C21H30FIN6. The highest BCUT2D eigenvalue weighted by atomic mass is 127. The fourth-order valence-electron chi connectivity index (χ4n) is 3.18. The van der Waals surface area contributed by atoms with Crippen molar-refractivity contribution in [2.24, 2.45) is 4.99 Å². The molecule has 29 heavy (non-hydrogen) atoms. The fraction of sp³-hybridized carbons (Fsp3) is 0.429. The number of halogens is 2. The second-order valence-corrected chi connectivity index (χ2v) is 6.92. The topological polar surface area (TPSA) is 55.8 Å². The Hall–Kier alpha value is -1.94. The highest BCUT2D eigenvalue weighted by molar-refractivity contribution is 14.0. The Labute approximate surface area is 189 Å². The maximum atomic E-state index is 13.8. The summed E-state index contributed by atoms with van der Waals surface area (Å²) in [5.74, 6) is 1.46. The van der Waals surface area contributed by atoms with E-state index in [1.165, 1.54) is 6.07 Å². The second kappa shape index (κ2) is 11.9. The lowest BCUT2D eigenvalue weighted by molar-refractivity contribution is 0.312. The van der Waals surface area contributed by atoms with E-state index in [1.54, 1.807) is 12.1 Å². The molecule has 0 unspecified atom stereocenters. The van der Waals surface area contributed by atoms with Crippen LogP contribution in [0.5, 0.6) is 0 Å². The molecule has 0 saturated carbocycles. The van der Waals surface area contributed by atoms with Crippen molar-refractivity contribution in [3.05, 3.63) is 59.5 Å². The smallest absolute Gasteiger partial charge is 0.191 e. The van der Waals surface area contributed by atoms with Gasteiger partial charge in [-0.2, -0.15) is 0 Å². The van der Waals surface area contributed by atoms with Crippen LogP contribution in [-0.4, -0.2) is 55.6 Å². The molecule has 1 aliphatic heterocycles. The van der Waals surface area contributed by atoms with Crippen LogP contribution in [0.1, 0.15) is 18.1 Å². The van der Waals surface area contributed by atoms with Crippen LogP contribution < -0.4 is 15.5 Å². The van der Waals surface area contributed by atoms with Crippen molar-refractivity contribution in [3.8, 4) is 0 Å². The average molecular weight is 512 g/mol. The molecule has 1 aliphatic rings. The number of piperazine rings is 1. The van der Waals surface area contributed by atoms with Crippen molar-refractivity contribution in [2.75, 3.05) is 44.7 Å². The van der Waals surface area contributed by atoms with Crippen LogP contribution in [0.25, 0.3) is 0 Å². The SMILES string of the molecule is CCNC(=NCc1cccnc1N1CCN(C)CC1)NCc1ccccc1F.I. The Morgan fingerprint density at radius 3 is 2.52 bits per heavy atom. The minimum atomic E-state index is -0.213. The van der Waals surface area contributed by atoms with Gasteiger partial charge >= 0.3 is 0 Å². The lowest BCUT2D eigenvalue weighted by Gasteiger charge is -2.34. The molecule has 1 aromatic carbocycles. The van der Waals surface area contributed by atoms with Gasteiger partial charge in [0.2, 0.25) is 0 Å². The number of nitrogens with one attached hydrogen (secondary N) is 2. The van der Waals surface area contributed by atoms with Crippen molar-refractivity contribution < 1.29 is 4.39 Å². The summed E-state index contributed by atoms with van der Waals surface area (Å²) in [5.41, 5.74) is 1.71. The maximum Gasteiger partial charge on any atom is 0.191 e. The first-order valence-electron chi connectivity index (χ1n) is 9.80. The molecule has 1 fully saturated rings. The first-order valence-corrected chi connectivity index (χ1v) is 9.80. The second-order valence-electron chi connectivity index (χ2n) is 6.92. The third-order valence-corrected chi connectivity index (χ3v) is 4.83. The molecule has 0 aliphatic carbocycles. The standard InChI is InChI=1S/C21H29FN6.HI/c1-3-23-21(25-15-17-7-4-5-9-19(17)22)26-16-18-8-6-10-24-20(18)28-13-11-27(2)12-14-28;/h4-10H,3,11-16H2,1-2H3,(H2,23,25,26);1H. The molecule has 6 nitrogen and oxygen atoms in total. The van der Waals surface area contributed by atoms with Crippen LogP contribution in [0.3, 0.4) is 0 Å². The van der Waals surface area contributed by atoms with Gasteiger partial charge in [0.15, 0.2) is 5.96 Å². The van der Waals surface area contributed by atoms with Crippen molar-refractivity contribution >= 4 is 35.8 Å². The molecular weight excluding hydrogens is 482 g/mol. The number of likely N-dealkylation sites (N-methyl/N-ethyl adjacent to an activating group) is 1. The lowest BCUT2D eigenvalue weighted by atomic mass is 10.2. The van der Waals surface area contributed by atoms with Crippen LogP contribution >= 0.6 is 24.0 Å². The van der Waals surface area contributed by atoms with E-state index in [0.29, 0.717) is 24.6 Å². The molecule has 0 spiro atoms. The predicted molar refractivity (Wildman–Crippen MR) is 127 cm³/mol. The molecule has 2 N–H and O–H groups in total. The van der Waals surface area contributed by atoms with Crippen molar-refractivity contribution in [1.29, 1.82) is 0 Å². The van der Waals surface area contributed by atoms with Gasteiger partial charge in [-0.25, -0.2) is 14.4 Å². The normalized spacial score (nSPS) is 15.0. The van der Waals surface area contributed by atoms with E-state index in [9.17, 15) is 4.39 Å². The number of aromatic nitrogens is 1. The molecule has 3 rings (SSSR count). The molecule has 1 saturated heterocycles. The first-order chi connectivity index (χ1) is 13.7. The van der Waals surface area contributed by atoms with Crippen LogP contribution in [0.2, 0.25) is 0 Å². The van der Waals surface area contributed by atoms with E-state index in [4.69, 9.17) is 4.99 Å². The highest BCUT2D eigenvalue weighted by Crippen LogP contribution is 2.19. The molecule has 0 amide bonds. The van der Waals surface area contributed by atoms with Gasteiger partial charge in [0.25, 0.3) is 0 Å². The minimum Gasteiger partial charge on any atom is -0.357 e. The monoisotopic (exact) mass is 512 g/mol. The Bertz CT molecular complexity index is 792. The number of pyridine rings is 1. The molecule has 158 valence electrons. The van der Waals surface area contributed by atoms with Crippen LogP contribution in [-0.2, 0) is 13.1 Å². The van der Waals surface area contributed by atoms with E-state index < -0.39 is 0 Å². The number of benzene rings is 1. The summed E-state index contributed by atoms with van der Waals surface area (Å²) in [4.78, 5) is 13.9. The molecule has 0 atom stereocenters. The zero-order valence-corrected chi connectivity index (χ0v) is 19.4. The molecule has 2 heterocycles. The number of anilines is 1. The van der Waals surface area contributed by atoms with Crippen LogP contribution in [0.15, 0.2) is 47.6 Å². The molecule has 0 radical (unpaired) electrons. The first kappa shape index (κ1) is 23.3. The number of guanidine groups is 1. The van der Waals surface area contributed by atoms with E-state index in [-0.39, 0.29) is 29.8 Å². The number of aliphatic imine (C=N–C) groups is 1. The summed E-state index contributed by atoms with van der Waals surface area (Å²) >= 11 is 0. The number of rotatable bonds is 6. The van der Waals surface area contributed by atoms with E-state index in [0.717, 1.165) is 44.1 Å². The maximum absolute atomic E-state index is 13.8. The minimum absolute atomic E-state index is 0. The van der Waals surface area contributed by atoms with Gasteiger partial charge in [0.05, 0.1) is 6.54 Å². The number of hydrogen-bond acceptors (Lipinski definition) is 4. The Balaban J connectivity index is 0.00000300. The van der Waals surface area contributed by atoms with Crippen molar-refractivity contribution in [3.63, 3.8) is 0 Å². The average Bonchev–Trinajstić information content (AvgIpc) is 2.72. The van der Waals surface area contributed by atoms with Gasteiger partial charge < -0.3 is 20.4 Å². The third kappa shape index (κ3) is 6.81. The quantitative estimate of drug-likeness (QED) is 0.354. The third-order valence-electron chi connectivity index (χ3n) is 4.83. The van der Waals surface area contributed by atoms with Gasteiger partial charge in [-0.05, 0) is 26.1 Å². The summed E-state index contributed by atoms with van der Waals surface area (Å²) in [6, 6.07) is 10.8. The summed E-state index contributed by atoms with van der Waals surface area (Å²) in [6.07, 6.45) is 1.84. The lowest BCUT2D eigenvalue weighted by Crippen LogP contribution is -2.45. The molecule has 8 heteroatoms. The zero-order valence-electron chi connectivity index (χ0n) is 17.1. The molecule has 0 bridgehead atoms. The highest BCUT2D eigenvalue weighted by Gasteiger charge is 2.17. The van der Waals surface area contributed by atoms with Crippen LogP contribution in [0.4, 0.5) is 10.2 Å². The van der Waals surface area contributed by atoms with Gasteiger partial charge in [-0.1, -0.05) is 24.3 Å². The Morgan fingerprint density at radius 1 is 1.07 bits per heavy atom. The Kier molecular flexibility index (Phi) is 9.59. The number of nitrogens with zero attached hydrogens (tertiary/aromatic N) is 4. The van der Waals surface area contributed by atoms with E-state index in [2.05, 4.69) is 38.5 Å². The summed E-state index contributed by atoms with van der Waals surface area (Å²) in [5, 5.41) is 6.43. The summed E-state index contributed by atoms with van der Waals surface area (Å²) in [7, 11) is 2.14. The largest absolute Gasteiger partial charge is 0.357 e. The molecule has 2 aromatic rings. The number of hydrogen-bond donors (Lipinski definition) is 2. The van der Waals surface area contributed by atoms with Crippen LogP contribution in [0, 0.1) is 5.82 Å². The van der Waals surface area contributed by atoms with Gasteiger partial charge in [0, 0.05) is 56.6 Å². The van der Waals surface area contributed by atoms with Crippen molar-refractivity contribution in [1.82, 2.24) is 20.5 Å². The van der Waals surface area contributed by atoms with Crippen molar-refractivity contribution in [2.45, 2.75) is 20.0 Å². The zero-order chi connectivity index (χ0) is 19.8. The fourth-order valence-corrected chi connectivity index (χ4v) is 3.18. The Morgan fingerprint density at radius 2 is 1.79 bits per heavy atom. The predicted octanol–water partition coefficient (Wildman–Crippen LogP) is 2.85. The van der Waals surface area contributed by atoms with Gasteiger partial charge in [-0.15, -0.1) is 24.0 Å². The van der Waals surface area contributed by atoms with Gasteiger partial charge in [-0.3, -0.25) is 0 Å². The van der Waals surface area contributed by atoms with E-state index in [1.807, 2.05) is 25.3 Å². The summed E-state index contributed by atoms with van der Waals surface area (Å²) < 4.78 is 13.8. The van der Waals surface area contributed by atoms with Gasteiger partial charge in [0.1, 0.15) is 11.6 Å². The van der Waals surface area contributed by atoms with E-state index >= 15 is 0 Å². The summed E-state index contributed by atoms with van der Waals surface area (Å²) in [6.45, 7) is 7.66.